The molecule has 0 amide bonds. The number of hydrogen-bond acceptors (Lipinski definition) is 3. The zero-order valence-electron chi connectivity index (χ0n) is 33.5. The average Bonchev–Trinajstić information content (AvgIpc) is 3.31. The topological polar surface area (TPSA) is 29.0 Å². The van der Waals surface area contributed by atoms with Crippen molar-refractivity contribution in [1.29, 1.82) is 0 Å². The molecule has 0 saturated carbocycles. The van der Waals surface area contributed by atoms with E-state index in [2.05, 4.69) is 219 Å². The largest absolute Gasteiger partial charge is 0.310 e. The van der Waals surface area contributed by atoms with Crippen molar-refractivity contribution in [2.24, 2.45) is 0 Å². The molecule has 0 aliphatic carbocycles. The van der Waals surface area contributed by atoms with Gasteiger partial charge in [-0.3, -0.25) is 0 Å². The first-order chi connectivity index (χ1) is 29.1. The summed E-state index contributed by atoms with van der Waals surface area (Å²) in [6, 6.07) is 73.2. The molecule has 9 rings (SSSR count). The molecule has 0 fully saturated rings. The highest BCUT2D eigenvalue weighted by molar-refractivity contribution is 6.06. The van der Waals surface area contributed by atoms with Crippen LogP contribution < -0.4 is 4.90 Å². The third kappa shape index (κ3) is 7.84. The predicted octanol–water partition coefficient (Wildman–Crippen LogP) is 15.3. The molecule has 0 aliphatic heterocycles. The van der Waals surface area contributed by atoms with Gasteiger partial charge in [0.2, 0.25) is 0 Å². The monoisotopic (exact) mass is 759 g/mol. The second-order valence-corrected chi connectivity index (χ2v) is 14.9. The predicted molar refractivity (Wildman–Crippen MR) is 249 cm³/mol. The molecule has 9 aromatic rings. The normalized spacial score (nSPS) is 11.5. The lowest BCUT2D eigenvalue weighted by atomic mass is 9.90. The SMILES string of the molecule is CCC/C=C(\c1ccc(-c2cccc3cccc(-c4ccc(-c5nc(-c6ccccc6)cc(-c6ccccc6)n5)cc4)c23)cc1)N(c1ccccc1)c1ccccc1C. The smallest absolute Gasteiger partial charge is 0.160 e. The Kier molecular flexibility index (Phi) is 10.7. The van der Waals surface area contributed by atoms with Gasteiger partial charge >= 0.3 is 0 Å². The molecule has 3 heteroatoms. The summed E-state index contributed by atoms with van der Waals surface area (Å²) >= 11 is 0. The molecular weight excluding hydrogens is 715 g/mol. The highest BCUT2D eigenvalue weighted by Crippen LogP contribution is 2.40. The van der Waals surface area contributed by atoms with Gasteiger partial charge in [0.1, 0.15) is 0 Å². The van der Waals surface area contributed by atoms with Crippen molar-refractivity contribution in [1.82, 2.24) is 9.97 Å². The van der Waals surface area contributed by atoms with Crippen molar-refractivity contribution in [3.63, 3.8) is 0 Å². The summed E-state index contributed by atoms with van der Waals surface area (Å²) in [6.07, 6.45) is 4.44. The van der Waals surface area contributed by atoms with Crippen molar-refractivity contribution in [3.8, 4) is 56.2 Å². The first-order valence-electron chi connectivity index (χ1n) is 20.5. The number of hydrogen-bond donors (Lipinski definition) is 0. The van der Waals surface area contributed by atoms with E-state index in [1.165, 1.54) is 50.0 Å². The van der Waals surface area contributed by atoms with Gasteiger partial charge in [-0.1, -0.05) is 201 Å². The Morgan fingerprint density at radius 1 is 0.492 bits per heavy atom. The maximum atomic E-state index is 5.07. The van der Waals surface area contributed by atoms with Crippen LogP contribution in [-0.2, 0) is 0 Å². The fraction of sp³-hybridized carbons (Fsp3) is 0.0714. The highest BCUT2D eigenvalue weighted by Gasteiger charge is 2.19. The molecule has 3 nitrogen and oxygen atoms in total. The van der Waals surface area contributed by atoms with Crippen LogP contribution in [0.4, 0.5) is 11.4 Å². The number of rotatable bonds is 11. The summed E-state index contributed by atoms with van der Waals surface area (Å²) in [6.45, 7) is 4.43. The quantitative estimate of drug-likeness (QED) is 0.131. The van der Waals surface area contributed by atoms with E-state index in [0.29, 0.717) is 5.82 Å². The van der Waals surface area contributed by atoms with E-state index in [0.717, 1.165) is 52.2 Å². The van der Waals surface area contributed by atoms with Crippen molar-refractivity contribution in [3.05, 3.63) is 223 Å². The van der Waals surface area contributed by atoms with Crippen LogP contribution in [0.15, 0.2) is 212 Å². The van der Waals surface area contributed by atoms with E-state index >= 15 is 0 Å². The Bertz CT molecular complexity index is 2800. The minimum absolute atomic E-state index is 0.705. The maximum Gasteiger partial charge on any atom is 0.160 e. The average molecular weight is 760 g/mol. The van der Waals surface area contributed by atoms with Gasteiger partial charge in [0, 0.05) is 33.8 Å². The van der Waals surface area contributed by atoms with Gasteiger partial charge < -0.3 is 4.90 Å². The van der Waals surface area contributed by atoms with Gasteiger partial charge in [0.05, 0.1) is 11.4 Å². The van der Waals surface area contributed by atoms with E-state index in [1.54, 1.807) is 0 Å². The van der Waals surface area contributed by atoms with Gasteiger partial charge in [-0.05, 0) is 81.8 Å². The van der Waals surface area contributed by atoms with Crippen molar-refractivity contribution >= 4 is 27.8 Å². The minimum Gasteiger partial charge on any atom is -0.310 e. The maximum absolute atomic E-state index is 5.07. The Balaban J connectivity index is 1.09. The van der Waals surface area contributed by atoms with Crippen LogP contribution >= 0.6 is 0 Å². The van der Waals surface area contributed by atoms with E-state index in [4.69, 9.17) is 9.97 Å². The summed E-state index contributed by atoms with van der Waals surface area (Å²) in [5, 5.41) is 2.44. The fourth-order valence-corrected chi connectivity index (χ4v) is 7.95. The lowest BCUT2D eigenvalue weighted by Gasteiger charge is -2.30. The van der Waals surface area contributed by atoms with Gasteiger partial charge in [-0.2, -0.15) is 0 Å². The zero-order valence-corrected chi connectivity index (χ0v) is 33.5. The molecule has 0 bridgehead atoms. The molecular formula is C56H45N3. The number of aromatic nitrogens is 2. The van der Waals surface area contributed by atoms with E-state index in [1.807, 2.05) is 12.1 Å². The standard InChI is InChI=1S/C56H45N3/c1-3-4-29-54(59(48-25-12-7-13-26-48)53-30-15-14-18-40(53)2)45-35-31-41(32-36-45)49-27-16-23-46-24-17-28-50(55(46)49)42-33-37-47(38-34-42)56-57-51(43-19-8-5-9-20-43)39-52(58-56)44-21-10-6-11-22-44/h5-39H,3-4H2,1-2H3/b54-29+. The number of unbranched alkanes of at least 4 members (excludes halogenated alkanes) is 1. The highest BCUT2D eigenvalue weighted by atomic mass is 15.2. The number of allylic oxidation sites excluding steroid dienone is 1. The van der Waals surface area contributed by atoms with Crippen LogP contribution in [0.2, 0.25) is 0 Å². The van der Waals surface area contributed by atoms with Gasteiger partial charge in [0.25, 0.3) is 0 Å². The third-order valence-corrected chi connectivity index (χ3v) is 11.0. The number of benzene rings is 8. The van der Waals surface area contributed by atoms with Crippen LogP contribution in [0.3, 0.4) is 0 Å². The fourth-order valence-electron chi connectivity index (χ4n) is 7.95. The summed E-state index contributed by atoms with van der Waals surface area (Å²) in [5.74, 6) is 0.705. The molecule has 8 aromatic carbocycles. The van der Waals surface area contributed by atoms with E-state index in [9.17, 15) is 0 Å². The third-order valence-electron chi connectivity index (χ3n) is 11.0. The Labute approximate surface area is 347 Å². The van der Waals surface area contributed by atoms with Crippen LogP contribution in [0.25, 0.3) is 72.6 Å². The lowest BCUT2D eigenvalue weighted by Crippen LogP contribution is -2.16. The number of nitrogens with zero attached hydrogens (tertiary/aromatic N) is 3. The van der Waals surface area contributed by atoms with Gasteiger partial charge in [-0.15, -0.1) is 0 Å². The molecule has 0 atom stereocenters. The number of para-hydroxylation sites is 2. The molecule has 284 valence electrons. The molecule has 0 radical (unpaired) electrons. The molecule has 0 spiro atoms. The van der Waals surface area contributed by atoms with Crippen LogP contribution in [0.1, 0.15) is 30.9 Å². The molecule has 1 aromatic heterocycles. The summed E-state index contributed by atoms with van der Waals surface area (Å²) in [4.78, 5) is 12.6. The Morgan fingerprint density at radius 2 is 1.00 bits per heavy atom. The van der Waals surface area contributed by atoms with Gasteiger partial charge in [0.15, 0.2) is 5.82 Å². The summed E-state index contributed by atoms with van der Waals surface area (Å²) < 4.78 is 0. The van der Waals surface area contributed by atoms with E-state index in [-0.39, 0.29) is 0 Å². The molecule has 0 saturated heterocycles. The van der Waals surface area contributed by atoms with Crippen molar-refractivity contribution in [2.45, 2.75) is 26.7 Å². The molecule has 59 heavy (non-hydrogen) atoms. The second kappa shape index (κ2) is 17.0. The van der Waals surface area contributed by atoms with Crippen LogP contribution in [-0.4, -0.2) is 9.97 Å². The molecule has 0 unspecified atom stereocenters. The number of anilines is 2. The second-order valence-electron chi connectivity index (χ2n) is 14.9. The summed E-state index contributed by atoms with van der Waals surface area (Å²) in [7, 11) is 0. The zero-order chi connectivity index (χ0) is 40.0. The van der Waals surface area contributed by atoms with Crippen molar-refractivity contribution in [2.75, 3.05) is 4.90 Å². The summed E-state index contributed by atoms with van der Waals surface area (Å²) in [5.41, 5.74) is 15.6. The first-order valence-corrected chi connectivity index (χ1v) is 20.5. The minimum atomic E-state index is 0.705. The lowest BCUT2D eigenvalue weighted by molar-refractivity contribution is 0.956. The van der Waals surface area contributed by atoms with Gasteiger partial charge in [-0.25, -0.2) is 9.97 Å². The number of aryl methyl sites for hydroxylation is 1. The molecule has 1 heterocycles. The van der Waals surface area contributed by atoms with E-state index < -0.39 is 0 Å². The Hall–Kier alpha value is -7.36. The van der Waals surface area contributed by atoms with Crippen molar-refractivity contribution < 1.29 is 0 Å². The van der Waals surface area contributed by atoms with Crippen LogP contribution in [0, 0.1) is 6.92 Å². The van der Waals surface area contributed by atoms with Crippen LogP contribution in [0.5, 0.6) is 0 Å². The Morgan fingerprint density at radius 3 is 1.56 bits per heavy atom. The first kappa shape index (κ1) is 37.2. The molecule has 0 N–H and O–H groups in total. The molecule has 0 aliphatic rings. The number of fused-ring (bicyclic) bond motifs is 1.